The van der Waals surface area contributed by atoms with Gasteiger partial charge in [-0.25, -0.2) is 0 Å². The van der Waals surface area contributed by atoms with Crippen LogP contribution in [0.2, 0.25) is 0 Å². The molecule has 4 heteroatoms. The largest absolute Gasteiger partial charge is 0.353 e. The number of rotatable bonds is 6. The fourth-order valence-electron chi connectivity index (χ4n) is 2.64. The zero-order chi connectivity index (χ0) is 13.5. The van der Waals surface area contributed by atoms with Crippen molar-refractivity contribution in [2.75, 3.05) is 12.8 Å². The van der Waals surface area contributed by atoms with Gasteiger partial charge in [-0.1, -0.05) is 13.8 Å². The van der Waals surface area contributed by atoms with Gasteiger partial charge in [-0.05, 0) is 44.3 Å². The van der Waals surface area contributed by atoms with Crippen LogP contribution >= 0.6 is 11.8 Å². The van der Waals surface area contributed by atoms with Gasteiger partial charge in [-0.15, -0.1) is 0 Å². The third kappa shape index (κ3) is 5.19. The minimum atomic E-state index is -0.0109. The molecule has 0 aromatic carbocycles. The van der Waals surface area contributed by atoms with Gasteiger partial charge in [0.2, 0.25) is 5.91 Å². The fraction of sp³-hybridized carbons (Fsp3) is 0.929. The molecule has 0 aromatic heterocycles. The van der Waals surface area contributed by atoms with Crippen LogP contribution in [0.1, 0.15) is 46.0 Å². The van der Waals surface area contributed by atoms with Gasteiger partial charge in [0.15, 0.2) is 0 Å². The highest BCUT2D eigenvalue weighted by molar-refractivity contribution is 7.99. The van der Waals surface area contributed by atoms with Crippen LogP contribution in [0, 0.1) is 11.8 Å². The van der Waals surface area contributed by atoms with E-state index in [0.29, 0.717) is 18.5 Å². The number of nitrogens with two attached hydrogens (primary N) is 1. The van der Waals surface area contributed by atoms with Crippen molar-refractivity contribution in [1.29, 1.82) is 0 Å². The molecule has 1 atom stereocenters. The fourth-order valence-corrected chi connectivity index (χ4v) is 3.38. The first-order chi connectivity index (χ1) is 8.56. The first kappa shape index (κ1) is 15.8. The van der Waals surface area contributed by atoms with Crippen LogP contribution in [0.15, 0.2) is 0 Å². The van der Waals surface area contributed by atoms with Crippen LogP contribution in [0.3, 0.4) is 0 Å². The van der Waals surface area contributed by atoms with E-state index in [1.165, 1.54) is 12.8 Å². The summed E-state index contributed by atoms with van der Waals surface area (Å²) in [7, 11) is 0. The van der Waals surface area contributed by atoms with Crippen molar-refractivity contribution >= 4 is 17.7 Å². The average molecular weight is 272 g/mol. The molecule has 0 saturated heterocycles. The number of thioether (sulfide) groups is 1. The summed E-state index contributed by atoms with van der Waals surface area (Å²) in [5.74, 6) is 0.679. The first-order valence-corrected chi connectivity index (χ1v) is 8.38. The molecule has 0 heterocycles. The van der Waals surface area contributed by atoms with E-state index in [-0.39, 0.29) is 11.8 Å². The highest BCUT2D eigenvalue weighted by Crippen LogP contribution is 2.27. The molecule has 0 radical (unpaired) electrons. The number of hydrogen-bond donors (Lipinski definition) is 2. The minimum Gasteiger partial charge on any atom is -0.353 e. The number of amides is 1. The maximum absolute atomic E-state index is 12.1. The van der Waals surface area contributed by atoms with Gasteiger partial charge < -0.3 is 11.1 Å². The lowest BCUT2D eigenvalue weighted by molar-refractivity contribution is -0.126. The zero-order valence-corrected chi connectivity index (χ0v) is 12.8. The third-order valence-corrected chi connectivity index (χ3v) is 4.90. The first-order valence-electron chi connectivity index (χ1n) is 7.10. The average Bonchev–Trinajstić information content (AvgIpc) is 2.36. The predicted octanol–water partition coefficient (Wildman–Crippen LogP) is 2.40. The minimum absolute atomic E-state index is 0.0109. The molecule has 0 aliphatic heterocycles. The Morgan fingerprint density at radius 2 is 1.94 bits per heavy atom. The summed E-state index contributed by atoms with van der Waals surface area (Å²) in [4.78, 5) is 12.1. The Balaban J connectivity index is 2.35. The lowest BCUT2D eigenvalue weighted by Crippen LogP contribution is -2.43. The van der Waals surface area contributed by atoms with Crippen LogP contribution in [0.5, 0.6) is 0 Å². The molecule has 1 fully saturated rings. The summed E-state index contributed by atoms with van der Waals surface area (Å²) in [6.07, 6.45) is 7.76. The summed E-state index contributed by atoms with van der Waals surface area (Å²) in [5.41, 5.74) is 5.71. The van der Waals surface area contributed by atoms with Crippen molar-refractivity contribution in [2.24, 2.45) is 17.6 Å². The molecule has 0 bridgehead atoms. The highest BCUT2D eigenvalue weighted by atomic mass is 32.2. The lowest BCUT2D eigenvalue weighted by atomic mass is 9.92. The van der Waals surface area contributed by atoms with E-state index in [2.05, 4.69) is 25.4 Å². The number of hydrogen-bond acceptors (Lipinski definition) is 3. The highest BCUT2D eigenvalue weighted by Gasteiger charge is 2.25. The zero-order valence-electron chi connectivity index (χ0n) is 11.9. The smallest absolute Gasteiger partial charge is 0.224 e. The van der Waals surface area contributed by atoms with Crippen LogP contribution in [0.4, 0.5) is 0 Å². The molecule has 1 aliphatic rings. The van der Waals surface area contributed by atoms with Crippen molar-refractivity contribution in [2.45, 2.75) is 57.2 Å². The molecular weight excluding hydrogens is 244 g/mol. The SMILES string of the molecule is CSC1CCC(NC(=O)C(CN)CC(C)C)CC1. The standard InChI is InChI=1S/C14H28N2OS/c1-10(2)8-11(9-15)14(17)16-12-4-6-13(18-3)7-5-12/h10-13H,4-9,15H2,1-3H3,(H,16,17). The molecule has 18 heavy (non-hydrogen) atoms. The summed E-state index contributed by atoms with van der Waals surface area (Å²) < 4.78 is 0. The van der Waals surface area contributed by atoms with Gasteiger partial charge in [-0.2, -0.15) is 11.8 Å². The van der Waals surface area contributed by atoms with Gasteiger partial charge in [0.1, 0.15) is 0 Å². The molecule has 3 N–H and O–H groups in total. The molecule has 0 spiro atoms. The van der Waals surface area contributed by atoms with E-state index < -0.39 is 0 Å². The van der Waals surface area contributed by atoms with Crippen molar-refractivity contribution in [3.05, 3.63) is 0 Å². The summed E-state index contributed by atoms with van der Waals surface area (Å²) >= 11 is 1.95. The normalized spacial score (nSPS) is 26.1. The molecule has 3 nitrogen and oxygen atoms in total. The van der Waals surface area contributed by atoms with Crippen LogP contribution < -0.4 is 11.1 Å². The van der Waals surface area contributed by atoms with E-state index in [0.717, 1.165) is 24.5 Å². The Morgan fingerprint density at radius 3 is 2.39 bits per heavy atom. The Kier molecular flexibility index (Phi) is 7.08. The van der Waals surface area contributed by atoms with Gasteiger partial charge in [0.25, 0.3) is 0 Å². The van der Waals surface area contributed by atoms with Crippen LogP contribution in [-0.4, -0.2) is 30.0 Å². The maximum Gasteiger partial charge on any atom is 0.224 e. The van der Waals surface area contributed by atoms with Crippen molar-refractivity contribution < 1.29 is 4.79 Å². The Labute approximate surface area is 116 Å². The summed E-state index contributed by atoms with van der Waals surface area (Å²) in [6, 6.07) is 0.377. The topological polar surface area (TPSA) is 55.1 Å². The molecular formula is C14H28N2OS. The Morgan fingerprint density at radius 1 is 1.33 bits per heavy atom. The van der Waals surface area contributed by atoms with E-state index in [9.17, 15) is 4.79 Å². The number of carbonyl (C=O) groups is 1. The molecule has 106 valence electrons. The Bertz CT molecular complexity index is 250. The molecule has 1 unspecified atom stereocenters. The van der Waals surface area contributed by atoms with Crippen molar-refractivity contribution in [1.82, 2.24) is 5.32 Å². The van der Waals surface area contributed by atoms with Crippen molar-refractivity contribution in [3.63, 3.8) is 0 Å². The molecule has 1 amide bonds. The summed E-state index contributed by atoms with van der Waals surface area (Å²) in [5, 5.41) is 3.98. The molecule has 0 aromatic rings. The van der Waals surface area contributed by atoms with E-state index in [1.54, 1.807) is 0 Å². The van der Waals surface area contributed by atoms with Crippen LogP contribution in [0.25, 0.3) is 0 Å². The lowest BCUT2D eigenvalue weighted by Gasteiger charge is -2.29. The van der Waals surface area contributed by atoms with E-state index in [1.807, 2.05) is 11.8 Å². The Hall–Kier alpha value is -0.220. The molecule has 1 rings (SSSR count). The monoisotopic (exact) mass is 272 g/mol. The van der Waals surface area contributed by atoms with E-state index >= 15 is 0 Å². The third-order valence-electron chi connectivity index (χ3n) is 3.77. The maximum atomic E-state index is 12.1. The van der Waals surface area contributed by atoms with Gasteiger partial charge in [0, 0.05) is 17.8 Å². The van der Waals surface area contributed by atoms with Gasteiger partial charge in [0.05, 0.1) is 5.92 Å². The summed E-state index contributed by atoms with van der Waals surface area (Å²) in [6.45, 7) is 4.74. The predicted molar refractivity (Wildman–Crippen MR) is 79.7 cm³/mol. The van der Waals surface area contributed by atoms with E-state index in [4.69, 9.17) is 5.73 Å². The van der Waals surface area contributed by atoms with Crippen LogP contribution in [-0.2, 0) is 4.79 Å². The number of carbonyl (C=O) groups excluding carboxylic acids is 1. The van der Waals surface area contributed by atoms with Gasteiger partial charge in [-0.3, -0.25) is 4.79 Å². The second-order valence-corrected chi connectivity index (χ2v) is 6.92. The van der Waals surface area contributed by atoms with Gasteiger partial charge >= 0.3 is 0 Å². The molecule has 1 saturated carbocycles. The second kappa shape index (κ2) is 8.05. The number of nitrogens with one attached hydrogen (secondary N) is 1. The quantitative estimate of drug-likeness (QED) is 0.780. The molecule has 1 aliphatic carbocycles. The van der Waals surface area contributed by atoms with Crippen molar-refractivity contribution in [3.8, 4) is 0 Å². The second-order valence-electron chi connectivity index (χ2n) is 5.78.